The summed E-state index contributed by atoms with van der Waals surface area (Å²) in [6, 6.07) is 4.29. The van der Waals surface area contributed by atoms with Crippen molar-refractivity contribution < 1.29 is 4.79 Å². The van der Waals surface area contributed by atoms with Crippen LogP contribution in [0, 0.1) is 31.6 Å². The van der Waals surface area contributed by atoms with Crippen LogP contribution in [0.3, 0.4) is 0 Å². The zero-order valence-corrected chi connectivity index (χ0v) is 14.4. The lowest BCUT2D eigenvalue weighted by atomic mass is 9.98. The molecule has 5 nitrogen and oxygen atoms in total. The van der Waals surface area contributed by atoms with E-state index in [2.05, 4.69) is 15.0 Å². The van der Waals surface area contributed by atoms with Crippen molar-refractivity contribution >= 4 is 11.6 Å². The van der Waals surface area contributed by atoms with E-state index >= 15 is 0 Å². The average molecular weight is 324 g/mol. The summed E-state index contributed by atoms with van der Waals surface area (Å²) in [7, 11) is 0. The molecule has 0 aromatic carbocycles. The van der Waals surface area contributed by atoms with Crippen molar-refractivity contribution in [2.45, 2.75) is 52.0 Å². The Morgan fingerprint density at radius 3 is 2.50 bits per heavy atom. The van der Waals surface area contributed by atoms with Crippen molar-refractivity contribution in [1.82, 2.24) is 19.5 Å². The number of hydrogen-bond acceptors (Lipinski definition) is 3. The highest BCUT2D eigenvalue weighted by Gasteiger charge is 2.48. The van der Waals surface area contributed by atoms with E-state index in [-0.39, 0.29) is 5.91 Å². The van der Waals surface area contributed by atoms with Crippen molar-refractivity contribution in [3.8, 4) is 0 Å². The molecule has 5 rings (SSSR count). The summed E-state index contributed by atoms with van der Waals surface area (Å²) in [5.74, 6) is 2.47. The van der Waals surface area contributed by atoms with Crippen LogP contribution in [-0.2, 0) is 0 Å². The smallest absolute Gasteiger partial charge is 0.272 e. The molecule has 0 radical (unpaired) electrons. The van der Waals surface area contributed by atoms with E-state index in [9.17, 15) is 4.79 Å². The molecule has 3 heterocycles. The minimum absolute atomic E-state index is 0.147. The Bertz CT molecular complexity index is 818. The lowest BCUT2D eigenvalue weighted by Gasteiger charge is -2.25. The van der Waals surface area contributed by atoms with Crippen LogP contribution in [0.2, 0.25) is 0 Å². The number of amides is 1. The van der Waals surface area contributed by atoms with Crippen molar-refractivity contribution in [1.29, 1.82) is 0 Å². The Kier molecular flexibility index (Phi) is 3.03. The molecule has 0 N–H and O–H groups in total. The van der Waals surface area contributed by atoms with E-state index in [1.807, 2.05) is 26.0 Å². The molecular weight excluding hydrogens is 300 g/mol. The first-order chi connectivity index (χ1) is 11.6. The van der Waals surface area contributed by atoms with Crippen LogP contribution >= 0.6 is 0 Å². The highest BCUT2D eigenvalue weighted by Crippen LogP contribution is 2.48. The maximum absolute atomic E-state index is 13.4. The van der Waals surface area contributed by atoms with E-state index in [0.29, 0.717) is 11.7 Å². The minimum Gasteiger partial charge on any atom is -0.334 e. The van der Waals surface area contributed by atoms with Gasteiger partial charge in [-0.2, -0.15) is 5.10 Å². The Labute approximate surface area is 142 Å². The van der Waals surface area contributed by atoms with Gasteiger partial charge in [-0.1, -0.05) is 0 Å². The van der Waals surface area contributed by atoms with Gasteiger partial charge in [-0.15, -0.1) is 0 Å². The number of aromatic nitrogens is 3. The van der Waals surface area contributed by atoms with Crippen LogP contribution in [0.4, 0.5) is 0 Å². The number of nitrogens with zero attached hydrogens (tertiary/aromatic N) is 4. The predicted octanol–water partition coefficient (Wildman–Crippen LogP) is 3.00. The molecule has 2 aromatic heterocycles. The van der Waals surface area contributed by atoms with Crippen LogP contribution in [0.25, 0.3) is 5.65 Å². The molecule has 2 saturated carbocycles. The summed E-state index contributed by atoms with van der Waals surface area (Å²) in [4.78, 5) is 20.1. The molecule has 24 heavy (non-hydrogen) atoms. The van der Waals surface area contributed by atoms with E-state index < -0.39 is 0 Å². The van der Waals surface area contributed by atoms with Gasteiger partial charge < -0.3 is 4.90 Å². The second kappa shape index (κ2) is 5.04. The summed E-state index contributed by atoms with van der Waals surface area (Å²) in [5.41, 5.74) is 3.23. The van der Waals surface area contributed by atoms with E-state index in [4.69, 9.17) is 0 Å². The van der Waals surface area contributed by atoms with Crippen molar-refractivity contribution in [2.24, 2.45) is 17.8 Å². The molecule has 2 aliphatic carbocycles. The summed E-state index contributed by atoms with van der Waals surface area (Å²) in [5, 5.41) is 4.51. The first-order valence-corrected chi connectivity index (χ1v) is 9.25. The molecule has 2 aromatic rings. The minimum atomic E-state index is 0.147. The summed E-state index contributed by atoms with van der Waals surface area (Å²) in [6.07, 6.45) is 6.52. The van der Waals surface area contributed by atoms with Crippen LogP contribution in [0.5, 0.6) is 0 Å². The fourth-order valence-electron chi connectivity index (χ4n) is 4.48. The van der Waals surface area contributed by atoms with E-state index in [0.717, 1.165) is 41.3 Å². The van der Waals surface area contributed by atoms with Crippen molar-refractivity contribution in [2.75, 3.05) is 6.54 Å². The van der Waals surface area contributed by atoms with Crippen LogP contribution in [-0.4, -0.2) is 38.0 Å². The Balaban J connectivity index is 1.52. The Hall–Kier alpha value is -1.91. The molecule has 1 amide bonds. The number of aryl methyl sites for hydroxylation is 2. The van der Waals surface area contributed by atoms with Gasteiger partial charge in [0.2, 0.25) is 0 Å². The molecule has 3 aliphatic rings. The van der Waals surface area contributed by atoms with Gasteiger partial charge in [0, 0.05) is 24.3 Å². The predicted molar refractivity (Wildman–Crippen MR) is 90.8 cm³/mol. The quantitative estimate of drug-likeness (QED) is 0.872. The van der Waals surface area contributed by atoms with Crippen LogP contribution < -0.4 is 0 Å². The Morgan fingerprint density at radius 1 is 1.04 bits per heavy atom. The fraction of sp³-hybridized carbons (Fsp3) is 0.632. The topological polar surface area (TPSA) is 50.5 Å². The van der Waals surface area contributed by atoms with Gasteiger partial charge in [0.1, 0.15) is 5.69 Å². The highest BCUT2D eigenvalue weighted by molar-refractivity contribution is 5.93. The van der Waals surface area contributed by atoms with E-state index in [1.54, 1.807) is 4.52 Å². The van der Waals surface area contributed by atoms with Gasteiger partial charge in [0.05, 0.1) is 5.69 Å². The first-order valence-electron chi connectivity index (χ1n) is 9.25. The molecule has 2 atom stereocenters. The summed E-state index contributed by atoms with van der Waals surface area (Å²) in [6.45, 7) is 4.84. The number of rotatable bonds is 3. The highest BCUT2D eigenvalue weighted by atomic mass is 16.2. The Morgan fingerprint density at radius 2 is 1.79 bits per heavy atom. The molecule has 3 fully saturated rings. The molecule has 1 saturated heterocycles. The zero-order valence-electron chi connectivity index (χ0n) is 14.4. The molecule has 126 valence electrons. The molecule has 1 aliphatic heterocycles. The van der Waals surface area contributed by atoms with E-state index in [1.165, 1.54) is 32.1 Å². The van der Waals surface area contributed by atoms with Crippen molar-refractivity contribution in [3.63, 3.8) is 0 Å². The largest absolute Gasteiger partial charge is 0.334 e. The molecular formula is C19H24N4O. The fourth-order valence-corrected chi connectivity index (χ4v) is 4.48. The number of likely N-dealkylation sites (tertiary alicyclic amines) is 1. The third-order valence-corrected chi connectivity index (χ3v) is 5.99. The second-order valence-electron chi connectivity index (χ2n) is 8.03. The number of carbonyl (C=O) groups is 1. The molecule has 0 bridgehead atoms. The maximum Gasteiger partial charge on any atom is 0.272 e. The monoisotopic (exact) mass is 324 g/mol. The zero-order chi connectivity index (χ0) is 16.4. The van der Waals surface area contributed by atoms with Gasteiger partial charge in [0.15, 0.2) is 5.65 Å². The van der Waals surface area contributed by atoms with Crippen molar-refractivity contribution in [3.05, 3.63) is 29.2 Å². The molecule has 0 spiro atoms. The second-order valence-corrected chi connectivity index (χ2v) is 8.03. The first kappa shape index (κ1) is 14.4. The normalized spacial score (nSPS) is 27.2. The maximum atomic E-state index is 13.4. The lowest BCUT2D eigenvalue weighted by molar-refractivity contribution is 0.0707. The van der Waals surface area contributed by atoms with Crippen LogP contribution in [0.15, 0.2) is 12.1 Å². The summed E-state index contributed by atoms with van der Waals surface area (Å²) >= 11 is 0. The van der Waals surface area contributed by atoms with Gasteiger partial charge in [-0.3, -0.25) is 4.79 Å². The number of carbonyl (C=O) groups excluding carboxylic acids is 1. The third-order valence-electron chi connectivity index (χ3n) is 5.99. The average Bonchev–Trinajstić information content (AvgIpc) is 3.47. The lowest BCUT2D eigenvalue weighted by Crippen LogP contribution is -2.38. The summed E-state index contributed by atoms with van der Waals surface area (Å²) < 4.78 is 1.74. The number of hydrogen-bond donors (Lipinski definition) is 0. The van der Waals surface area contributed by atoms with Gasteiger partial charge in [0.25, 0.3) is 5.91 Å². The molecule has 0 unspecified atom stereocenters. The van der Waals surface area contributed by atoms with Gasteiger partial charge in [-0.25, -0.2) is 9.50 Å². The molecule has 5 heteroatoms. The van der Waals surface area contributed by atoms with Gasteiger partial charge in [-0.05, 0) is 69.8 Å². The standard InChI is InChI=1S/C19H24N4O/c1-11-7-17(23-18(20-11)8-12(2)21-23)19(24)22-10-15(13-3-4-13)9-16(22)14-5-6-14/h7-8,13-16H,3-6,9-10H2,1-2H3/t15-,16-/m1/s1. The van der Waals surface area contributed by atoms with Crippen LogP contribution in [0.1, 0.15) is 54.0 Å². The third kappa shape index (κ3) is 2.33. The number of fused-ring (bicyclic) bond motifs is 1. The SMILES string of the molecule is Cc1cc(C(=O)N2C[C@H](C3CC3)C[C@@H]2C2CC2)n2nc(C)cc2n1. The van der Waals surface area contributed by atoms with Gasteiger partial charge >= 0.3 is 0 Å².